The smallest absolute Gasteiger partial charge is 0.431 e. The molecule has 12 heavy (non-hydrogen) atoms. The van der Waals surface area contributed by atoms with E-state index < -0.39 is 12.3 Å². The van der Waals surface area contributed by atoms with Crippen LogP contribution in [0.3, 0.4) is 0 Å². The number of rotatable bonds is 0. The zero-order valence-electron chi connectivity index (χ0n) is 6.28. The summed E-state index contributed by atoms with van der Waals surface area (Å²) in [6, 6.07) is 0. The fourth-order valence-corrected chi connectivity index (χ4v) is 0.583. The Labute approximate surface area is 68.3 Å². The Morgan fingerprint density at radius 3 is 1.17 bits per heavy atom. The van der Waals surface area contributed by atoms with Crippen molar-refractivity contribution in [1.29, 1.82) is 0 Å². The van der Waals surface area contributed by atoms with Gasteiger partial charge in [0.15, 0.2) is 0 Å². The molecule has 0 aromatic heterocycles. The van der Waals surface area contributed by atoms with E-state index in [1.807, 2.05) is 0 Å². The minimum Gasteiger partial charge on any atom is -0.431 e. The molecule has 0 saturated carbocycles. The van der Waals surface area contributed by atoms with Crippen molar-refractivity contribution in [2.75, 3.05) is 26.4 Å². The minimum atomic E-state index is -0.781. The summed E-state index contributed by atoms with van der Waals surface area (Å²) in [5.41, 5.74) is 0. The third-order valence-corrected chi connectivity index (χ3v) is 1.05. The molecule has 1 saturated heterocycles. The van der Waals surface area contributed by atoms with Crippen molar-refractivity contribution in [3.05, 3.63) is 0 Å². The topological polar surface area (TPSA) is 71.1 Å². The number of hydrogen-bond acceptors (Lipinski definition) is 6. The first kappa shape index (κ1) is 8.63. The molecule has 0 radical (unpaired) electrons. The standard InChI is InChI=1S/C6H8O6/c7-5-9-1-2-10-6(8)12-4-3-11-5/h1-4H2. The SMILES string of the molecule is O=C1OCCOC(=O)OCCO1. The fraction of sp³-hybridized carbons (Fsp3) is 0.667. The molecule has 0 amide bonds. The molecule has 1 heterocycles. The van der Waals surface area contributed by atoms with Gasteiger partial charge in [0.2, 0.25) is 0 Å². The van der Waals surface area contributed by atoms with Crippen molar-refractivity contribution in [3.8, 4) is 0 Å². The molecule has 0 spiro atoms. The highest BCUT2D eigenvalue weighted by Crippen LogP contribution is 1.92. The molecule has 0 aliphatic carbocycles. The van der Waals surface area contributed by atoms with Gasteiger partial charge < -0.3 is 18.9 Å². The summed E-state index contributed by atoms with van der Waals surface area (Å²) in [7, 11) is 0. The number of ether oxygens (including phenoxy) is 4. The van der Waals surface area contributed by atoms with Gasteiger partial charge >= 0.3 is 12.3 Å². The van der Waals surface area contributed by atoms with Gasteiger partial charge in [-0.15, -0.1) is 0 Å². The molecule has 6 nitrogen and oxygen atoms in total. The Bertz CT molecular complexity index is 141. The van der Waals surface area contributed by atoms with E-state index in [-0.39, 0.29) is 26.4 Å². The quantitative estimate of drug-likeness (QED) is 0.494. The lowest BCUT2D eigenvalue weighted by atomic mass is 10.7. The summed E-state index contributed by atoms with van der Waals surface area (Å²) < 4.78 is 17.9. The number of carbonyl (C=O) groups is 2. The second-order valence-corrected chi connectivity index (χ2v) is 1.89. The molecule has 1 aliphatic heterocycles. The molecule has 1 fully saturated rings. The van der Waals surface area contributed by atoms with Crippen LogP contribution in [-0.2, 0) is 18.9 Å². The van der Waals surface area contributed by atoms with Crippen molar-refractivity contribution >= 4 is 12.3 Å². The van der Waals surface area contributed by atoms with Crippen LogP contribution in [0.4, 0.5) is 9.59 Å². The summed E-state index contributed by atoms with van der Waals surface area (Å²) >= 11 is 0. The van der Waals surface area contributed by atoms with Crippen LogP contribution in [0.15, 0.2) is 0 Å². The fourth-order valence-electron chi connectivity index (χ4n) is 0.583. The van der Waals surface area contributed by atoms with Gasteiger partial charge in [-0.1, -0.05) is 0 Å². The van der Waals surface area contributed by atoms with Crippen molar-refractivity contribution in [3.63, 3.8) is 0 Å². The first-order valence-electron chi connectivity index (χ1n) is 3.38. The van der Waals surface area contributed by atoms with Gasteiger partial charge in [-0.05, 0) is 0 Å². The maximum Gasteiger partial charge on any atom is 0.508 e. The monoisotopic (exact) mass is 176 g/mol. The van der Waals surface area contributed by atoms with Gasteiger partial charge in [-0.2, -0.15) is 0 Å². The molecule has 0 aromatic carbocycles. The molecule has 1 aliphatic rings. The number of carbonyl (C=O) groups excluding carboxylic acids is 2. The van der Waals surface area contributed by atoms with Gasteiger partial charge in [-0.3, -0.25) is 0 Å². The largest absolute Gasteiger partial charge is 0.508 e. The molecular formula is C6H8O6. The minimum absolute atomic E-state index is 0.0199. The van der Waals surface area contributed by atoms with Crippen molar-refractivity contribution in [1.82, 2.24) is 0 Å². The van der Waals surface area contributed by atoms with Crippen LogP contribution >= 0.6 is 0 Å². The molecular weight excluding hydrogens is 168 g/mol. The van der Waals surface area contributed by atoms with Crippen LogP contribution in [-0.4, -0.2) is 38.7 Å². The lowest BCUT2D eigenvalue weighted by Gasteiger charge is -2.10. The number of hydrogen-bond donors (Lipinski definition) is 0. The average Bonchev–Trinajstić information content (AvgIpc) is 2.06. The van der Waals surface area contributed by atoms with Gasteiger partial charge in [0.25, 0.3) is 0 Å². The molecule has 0 unspecified atom stereocenters. The van der Waals surface area contributed by atoms with Gasteiger partial charge in [0.05, 0.1) is 0 Å². The molecule has 0 atom stereocenters. The number of cyclic esters (lactones) is 4. The van der Waals surface area contributed by atoms with Crippen LogP contribution < -0.4 is 0 Å². The summed E-state index contributed by atoms with van der Waals surface area (Å²) in [6.07, 6.45) is -1.56. The highest BCUT2D eigenvalue weighted by molar-refractivity contribution is 5.61. The van der Waals surface area contributed by atoms with Crippen LogP contribution in [0.1, 0.15) is 0 Å². The Morgan fingerprint density at radius 2 is 0.917 bits per heavy atom. The van der Waals surface area contributed by atoms with E-state index in [0.717, 1.165) is 0 Å². The Hall–Kier alpha value is -1.46. The van der Waals surface area contributed by atoms with Gasteiger partial charge in [0.1, 0.15) is 26.4 Å². The lowest BCUT2D eigenvalue weighted by molar-refractivity contribution is -0.0113. The average molecular weight is 176 g/mol. The Kier molecular flexibility index (Phi) is 3.18. The molecule has 1 rings (SSSR count). The first-order chi connectivity index (χ1) is 5.79. The second-order valence-electron chi connectivity index (χ2n) is 1.89. The van der Waals surface area contributed by atoms with E-state index in [0.29, 0.717) is 0 Å². The lowest BCUT2D eigenvalue weighted by Crippen LogP contribution is -2.21. The predicted molar refractivity (Wildman–Crippen MR) is 34.6 cm³/mol. The van der Waals surface area contributed by atoms with Gasteiger partial charge in [-0.25, -0.2) is 9.59 Å². The van der Waals surface area contributed by atoms with E-state index in [1.165, 1.54) is 0 Å². The van der Waals surface area contributed by atoms with Crippen molar-refractivity contribution in [2.24, 2.45) is 0 Å². The summed E-state index contributed by atoms with van der Waals surface area (Å²) in [4.78, 5) is 21.1. The van der Waals surface area contributed by atoms with Crippen LogP contribution in [0.25, 0.3) is 0 Å². The van der Waals surface area contributed by atoms with Crippen molar-refractivity contribution in [2.45, 2.75) is 0 Å². The van der Waals surface area contributed by atoms with Crippen LogP contribution in [0.5, 0.6) is 0 Å². The highest BCUT2D eigenvalue weighted by atomic mass is 16.8. The van der Waals surface area contributed by atoms with E-state index in [1.54, 1.807) is 0 Å². The maximum atomic E-state index is 10.5. The van der Waals surface area contributed by atoms with Crippen LogP contribution in [0.2, 0.25) is 0 Å². The zero-order chi connectivity index (χ0) is 8.81. The summed E-state index contributed by atoms with van der Waals surface area (Å²) in [5, 5.41) is 0. The van der Waals surface area contributed by atoms with Crippen molar-refractivity contribution < 1.29 is 28.5 Å². The first-order valence-corrected chi connectivity index (χ1v) is 3.38. The molecule has 0 bridgehead atoms. The maximum absolute atomic E-state index is 10.5. The summed E-state index contributed by atoms with van der Waals surface area (Å²) in [5.74, 6) is 0. The van der Waals surface area contributed by atoms with Crippen LogP contribution in [0, 0.1) is 0 Å². The van der Waals surface area contributed by atoms with E-state index in [4.69, 9.17) is 0 Å². The van der Waals surface area contributed by atoms with E-state index in [2.05, 4.69) is 18.9 Å². The molecule has 0 N–H and O–H groups in total. The normalized spacial score (nSPS) is 19.7. The third-order valence-electron chi connectivity index (χ3n) is 1.05. The predicted octanol–water partition coefficient (Wildman–Crippen LogP) is 0.306. The van der Waals surface area contributed by atoms with E-state index in [9.17, 15) is 9.59 Å². The second kappa shape index (κ2) is 4.42. The molecule has 0 aromatic rings. The molecule has 6 heteroatoms. The Balaban J connectivity index is 2.29. The molecule has 68 valence electrons. The zero-order valence-corrected chi connectivity index (χ0v) is 6.28. The Morgan fingerprint density at radius 1 is 0.667 bits per heavy atom. The third kappa shape index (κ3) is 3.09. The highest BCUT2D eigenvalue weighted by Gasteiger charge is 2.09. The van der Waals surface area contributed by atoms with E-state index >= 15 is 0 Å². The van der Waals surface area contributed by atoms with Gasteiger partial charge in [0, 0.05) is 0 Å². The summed E-state index contributed by atoms with van der Waals surface area (Å²) in [6.45, 7) is -0.0796.